The van der Waals surface area contributed by atoms with Crippen LogP contribution in [-0.2, 0) is 0 Å². The van der Waals surface area contributed by atoms with Crippen molar-refractivity contribution < 1.29 is 0 Å². The van der Waals surface area contributed by atoms with Gasteiger partial charge in [0.1, 0.15) is 0 Å². The molecule has 0 saturated heterocycles. The topological polar surface area (TPSA) is 24.4 Å². The number of rotatable bonds is 3. The van der Waals surface area contributed by atoms with E-state index < -0.39 is 0 Å². The molecule has 0 aliphatic heterocycles. The molecule has 0 amide bonds. The fourth-order valence-corrected chi connectivity index (χ4v) is 0.200. The summed E-state index contributed by atoms with van der Waals surface area (Å²) in [6.07, 6.45) is 2.99. The third kappa shape index (κ3) is 4.95. The summed E-state index contributed by atoms with van der Waals surface area (Å²) in [5.74, 6) is 0. The first-order chi connectivity index (χ1) is 3.77. The molecule has 0 heterocycles. The van der Waals surface area contributed by atoms with Gasteiger partial charge in [-0.25, -0.2) is 4.99 Å². The lowest BCUT2D eigenvalue weighted by Crippen LogP contribution is -2.04. The summed E-state index contributed by atoms with van der Waals surface area (Å²) in [6.45, 7) is 8.84. The van der Waals surface area contributed by atoms with E-state index in [0.717, 1.165) is 5.70 Å². The lowest BCUT2D eigenvalue weighted by Gasteiger charge is -1.91. The van der Waals surface area contributed by atoms with Gasteiger partial charge in [0, 0.05) is 11.9 Å². The monoisotopic (exact) mass is 110 g/mol. The highest BCUT2D eigenvalue weighted by atomic mass is 14.9. The highest BCUT2D eigenvalue weighted by molar-refractivity contribution is 5.57. The second-order valence-electron chi connectivity index (χ2n) is 1.39. The Balaban J connectivity index is 3.29. The van der Waals surface area contributed by atoms with Crippen LogP contribution in [0.5, 0.6) is 0 Å². The molecule has 0 unspecified atom stereocenters. The van der Waals surface area contributed by atoms with Gasteiger partial charge >= 0.3 is 0 Å². The van der Waals surface area contributed by atoms with Crippen molar-refractivity contribution in [2.24, 2.45) is 4.99 Å². The number of hydrogen-bond donors (Lipinski definition) is 1. The molecule has 44 valence electrons. The predicted octanol–water partition coefficient (Wildman–Crippen LogP) is 1.28. The molecule has 0 aromatic rings. The van der Waals surface area contributed by atoms with Crippen LogP contribution in [0.1, 0.15) is 6.92 Å². The van der Waals surface area contributed by atoms with Crippen molar-refractivity contribution in [3.8, 4) is 0 Å². The Hall–Kier alpha value is -1.05. The van der Waals surface area contributed by atoms with Gasteiger partial charge in [0.2, 0.25) is 0 Å². The molecule has 0 aliphatic rings. The zero-order valence-electron chi connectivity index (χ0n) is 5.02. The lowest BCUT2D eigenvalue weighted by molar-refractivity contribution is 1.15. The Bertz CT molecular complexity index is 114. The molecule has 0 aromatic carbocycles. The van der Waals surface area contributed by atoms with E-state index in [0.29, 0.717) is 0 Å². The van der Waals surface area contributed by atoms with Crippen molar-refractivity contribution in [1.29, 1.82) is 0 Å². The Morgan fingerprint density at radius 2 is 2.38 bits per heavy atom. The molecule has 0 spiro atoms. The van der Waals surface area contributed by atoms with Gasteiger partial charge in [-0.2, -0.15) is 0 Å². The summed E-state index contributed by atoms with van der Waals surface area (Å²) in [7, 11) is 0. The van der Waals surface area contributed by atoms with Crippen LogP contribution in [0, 0.1) is 0 Å². The maximum Gasteiger partial charge on any atom is 0.0920 e. The second kappa shape index (κ2) is 4.12. The average Bonchev–Trinajstić information content (AvgIpc) is 1.66. The van der Waals surface area contributed by atoms with E-state index in [2.05, 4.69) is 23.5 Å². The minimum atomic E-state index is 0.871. The first kappa shape index (κ1) is 6.95. The van der Waals surface area contributed by atoms with Gasteiger partial charge in [-0.05, 0) is 6.92 Å². The first-order valence-corrected chi connectivity index (χ1v) is 2.32. The summed E-state index contributed by atoms with van der Waals surface area (Å²) in [5, 5.41) is 2.79. The Kier molecular flexibility index (Phi) is 3.58. The third-order valence-corrected chi connectivity index (χ3v) is 0.491. The second-order valence-corrected chi connectivity index (χ2v) is 1.39. The van der Waals surface area contributed by atoms with Crippen molar-refractivity contribution in [1.82, 2.24) is 5.32 Å². The van der Waals surface area contributed by atoms with Crippen LogP contribution >= 0.6 is 0 Å². The van der Waals surface area contributed by atoms with Gasteiger partial charge in [-0.1, -0.05) is 13.2 Å². The van der Waals surface area contributed by atoms with Crippen LogP contribution in [0.3, 0.4) is 0 Å². The predicted molar refractivity (Wildman–Crippen MR) is 36.6 cm³/mol. The Morgan fingerprint density at radius 1 is 1.75 bits per heavy atom. The summed E-state index contributed by atoms with van der Waals surface area (Å²) in [5.41, 5.74) is 0.871. The van der Waals surface area contributed by atoms with Gasteiger partial charge < -0.3 is 5.32 Å². The molecular weight excluding hydrogens is 100 g/mol. The number of aliphatic imine (C=N–C) groups is 1. The van der Waals surface area contributed by atoms with E-state index in [1.54, 1.807) is 0 Å². The normalized spacial score (nSPS) is 9.12. The molecule has 0 bridgehead atoms. The highest BCUT2D eigenvalue weighted by Gasteiger charge is 1.70. The van der Waals surface area contributed by atoms with Crippen LogP contribution in [0.25, 0.3) is 0 Å². The SMILES string of the molecule is C=CN=CNC(=C)C. The van der Waals surface area contributed by atoms with Crippen molar-refractivity contribution in [3.63, 3.8) is 0 Å². The van der Waals surface area contributed by atoms with Crippen LogP contribution in [0.15, 0.2) is 30.0 Å². The number of allylic oxidation sites excluding steroid dienone is 1. The van der Waals surface area contributed by atoms with Crippen LogP contribution in [0.2, 0.25) is 0 Å². The Labute approximate surface area is 49.6 Å². The molecule has 0 aromatic heterocycles. The minimum Gasteiger partial charge on any atom is -0.351 e. The zero-order chi connectivity index (χ0) is 6.41. The molecule has 0 rings (SSSR count). The smallest absolute Gasteiger partial charge is 0.0920 e. The standard InChI is InChI=1S/C6H10N2/c1-4-7-5-8-6(2)3/h4-5H,1-2H2,3H3,(H,7,8). The zero-order valence-corrected chi connectivity index (χ0v) is 5.02. The molecule has 0 radical (unpaired) electrons. The number of nitrogens with one attached hydrogen (secondary N) is 1. The number of hydrogen-bond acceptors (Lipinski definition) is 1. The maximum atomic E-state index is 3.68. The summed E-state index contributed by atoms with van der Waals surface area (Å²) in [6, 6.07) is 0. The summed E-state index contributed by atoms with van der Waals surface area (Å²) in [4.78, 5) is 3.68. The van der Waals surface area contributed by atoms with Gasteiger partial charge in [0.15, 0.2) is 0 Å². The van der Waals surface area contributed by atoms with Crippen LogP contribution < -0.4 is 5.32 Å². The fraction of sp³-hybridized carbons (Fsp3) is 0.167. The average molecular weight is 110 g/mol. The van der Waals surface area contributed by atoms with Crippen molar-refractivity contribution in [2.75, 3.05) is 0 Å². The molecule has 0 saturated carbocycles. The van der Waals surface area contributed by atoms with E-state index in [9.17, 15) is 0 Å². The van der Waals surface area contributed by atoms with Crippen molar-refractivity contribution in [3.05, 3.63) is 25.1 Å². The molecule has 0 fully saturated rings. The van der Waals surface area contributed by atoms with Crippen molar-refractivity contribution >= 4 is 6.34 Å². The maximum absolute atomic E-state index is 3.68. The lowest BCUT2D eigenvalue weighted by atomic mass is 10.6. The minimum absolute atomic E-state index is 0.871. The quantitative estimate of drug-likeness (QED) is 0.429. The van der Waals surface area contributed by atoms with E-state index in [-0.39, 0.29) is 0 Å². The molecule has 0 aliphatic carbocycles. The summed E-state index contributed by atoms with van der Waals surface area (Å²) < 4.78 is 0. The van der Waals surface area contributed by atoms with Gasteiger partial charge in [-0.15, -0.1) is 0 Å². The van der Waals surface area contributed by atoms with E-state index in [1.165, 1.54) is 12.5 Å². The fourth-order valence-electron chi connectivity index (χ4n) is 0.200. The van der Waals surface area contributed by atoms with E-state index in [4.69, 9.17) is 0 Å². The molecule has 2 nitrogen and oxygen atoms in total. The van der Waals surface area contributed by atoms with Crippen LogP contribution in [-0.4, -0.2) is 6.34 Å². The first-order valence-electron chi connectivity index (χ1n) is 2.32. The largest absolute Gasteiger partial charge is 0.351 e. The Morgan fingerprint density at radius 3 is 2.75 bits per heavy atom. The van der Waals surface area contributed by atoms with Crippen molar-refractivity contribution in [2.45, 2.75) is 6.92 Å². The van der Waals surface area contributed by atoms with E-state index >= 15 is 0 Å². The molecule has 2 heteroatoms. The highest BCUT2D eigenvalue weighted by Crippen LogP contribution is 1.72. The molecule has 1 N–H and O–H groups in total. The van der Waals surface area contributed by atoms with Gasteiger partial charge in [0.05, 0.1) is 6.34 Å². The summed E-state index contributed by atoms with van der Waals surface area (Å²) >= 11 is 0. The molecule has 8 heavy (non-hydrogen) atoms. The van der Waals surface area contributed by atoms with Gasteiger partial charge in [-0.3, -0.25) is 0 Å². The molecule has 0 atom stereocenters. The molecular formula is C6H10N2. The number of nitrogens with zero attached hydrogens (tertiary/aromatic N) is 1. The third-order valence-electron chi connectivity index (χ3n) is 0.491. The van der Waals surface area contributed by atoms with E-state index in [1.807, 2.05) is 6.92 Å². The van der Waals surface area contributed by atoms with Gasteiger partial charge in [0.25, 0.3) is 0 Å². The van der Waals surface area contributed by atoms with Crippen LogP contribution in [0.4, 0.5) is 0 Å².